The highest BCUT2D eigenvalue weighted by Gasteiger charge is 2.30. The van der Waals surface area contributed by atoms with Crippen LogP contribution in [0.3, 0.4) is 0 Å². The zero-order chi connectivity index (χ0) is 14.3. The van der Waals surface area contributed by atoms with Gasteiger partial charge in [-0.2, -0.15) is 0 Å². The number of benzene rings is 1. The van der Waals surface area contributed by atoms with E-state index >= 15 is 0 Å². The maximum absolute atomic E-state index is 12.4. The standard InChI is InChI=1S/C15H18N2O3/c1-9-15(19)17(2)12-8-10(5-6-13(12)20-9)14(18)11-4-3-7-16-11/h5-6,8-9,11,16H,3-4,7H2,1-2H3. The minimum atomic E-state index is -0.481. The van der Waals surface area contributed by atoms with Crippen molar-refractivity contribution in [2.45, 2.75) is 31.9 Å². The Balaban J connectivity index is 1.92. The van der Waals surface area contributed by atoms with Crippen molar-refractivity contribution in [1.29, 1.82) is 0 Å². The number of rotatable bonds is 2. The molecule has 0 radical (unpaired) electrons. The quantitative estimate of drug-likeness (QED) is 0.827. The van der Waals surface area contributed by atoms with Gasteiger partial charge in [-0.05, 0) is 44.5 Å². The third-order valence-corrected chi connectivity index (χ3v) is 3.96. The second kappa shape index (κ2) is 4.90. The Morgan fingerprint density at radius 2 is 2.25 bits per heavy atom. The van der Waals surface area contributed by atoms with Crippen molar-refractivity contribution in [3.8, 4) is 5.75 Å². The van der Waals surface area contributed by atoms with Crippen LogP contribution < -0.4 is 15.0 Å². The molecule has 1 N–H and O–H groups in total. The molecule has 1 fully saturated rings. The minimum Gasteiger partial charge on any atom is -0.479 e. The second-order valence-electron chi connectivity index (χ2n) is 5.35. The molecular weight excluding hydrogens is 256 g/mol. The van der Waals surface area contributed by atoms with E-state index < -0.39 is 6.10 Å². The number of ether oxygens (including phenoxy) is 1. The molecule has 1 aromatic carbocycles. The fraction of sp³-hybridized carbons (Fsp3) is 0.467. The number of carbonyl (C=O) groups excluding carboxylic acids is 2. The van der Waals surface area contributed by atoms with Crippen LogP contribution in [0.25, 0.3) is 0 Å². The Bertz CT molecular complexity index is 564. The summed E-state index contributed by atoms with van der Waals surface area (Å²) in [4.78, 5) is 25.9. The summed E-state index contributed by atoms with van der Waals surface area (Å²) < 4.78 is 5.56. The van der Waals surface area contributed by atoms with E-state index in [4.69, 9.17) is 4.74 Å². The van der Waals surface area contributed by atoms with E-state index in [9.17, 15) is 9.59 Å². The van der Waals surface area contributed by atoms with Gasteiger partial charge in [0.25, 0.3) is 5.91 Å². The van der Waals surface area contributed by atoms with Gasteiger partial charge in [0.05, 0.1) is 11.7 Å². The number of nitrogens with zero attached hydrogens (tertiary/aromatic N) is 1. The number of nitrogens with one attached hydrogen (secondary N) is 1. The molecule has 1 amide bonds. The summed E-state index contributed by atoms with van der Waals surface area (Å²) in [5.41, 5.74) is 1.29. The molecule has 0 spiro atoms. The van der Waals surface area contributed by atoms with Gasteiger partial charge in [-0.15, -0.1) is 0 Å². The number of fused-ring (bicyclic) bond motifs is 1. The molecule has 2 atom stereocenters. The van der Waals surface area contributed by atoms with Gasteiger partial charge in [0.2, 0.25) is 0 Å². The lowest BCUT2D eigenvalue weighted by atomic mass is 10.0. The fourth-order valence-corrected chi connectivity index (χ4v) is 2.77. The summed E-state index contributed by atoms with van der Waals surface area (Å²) in [6, 6.07) is 5.20. The monoisotopic (exact) mass is 274 g/mol. The number of anilines is 1. The van der Waals surface area contributed by atoms with E-state index in [1.54, 1.807) is 37.1 Å². The largest absolute Gasteiger partial charge is 0.479 e. The molecule has 106 valence electrons. The molecule has 5 heteroatoms. The molecule has 20 heavy (non-hydrogen) atoms. The molecule has 0 aromatic heterocycles. The molecule has 1 saturated heterocycles. The maximum atomic E-state index is 12.4. The van der Waals surface area contributed by atoms with Crippen LogP contribution >= 0.6 is 0 Å². The number of Topliss-reactive ketones (excluding diaryl/α,β-unsaturated/α-hetero) is 1. The van der Waals surface area contributed by atoms with Crippen LogP contribution in [-0.2, 0) is 4.79 Å². The smallest absolute Gasteiger partial charge is 0.267 e. The van der Waals surface area contributed by atoms with Gasteiger partial charge >= 0.3 is 0 Å². The molecule has 2 aliphatic rings. The summed E-state index contributed by atoms with van der Waals surface area (Å²) >= 11 is 0. The summed E-state index contributed by atoms with van der Waals surface area (Å²) in [6.07, 6.45) is 1.42. The number of ketones is 1. The lowest BCUT2D eigenvalue weighted by Gasteiger charge is -2.30. The molecule has 0 bridgehead atoms. The molecule has 0 saturated carbocycles. The van der Waals surface area contributed by atoms with Crippen LogP contribution in [0.5, 0.6) is 5.75 Å². The summed E-state index contributed by atoms with van der Waals surface area (Å²) in [7, 11) is 1.71. The van der Waals surface area contributed by atoms with Gasteiger partial charge in [-0.25, -0.2) is 0 Å². The van der Waals surface area contributed by atoms with E-state index in [-0.39, 0.29) is 17.7 Å². The van der Waals surface area contributed by atoms with Crippen molar-refractivity contribution < 1.29 is 14.3 Å². The van der Waals surface area contributed by atoms with Crippen molar-refractivity contribution in [1.82, 2.24) is 5.32 Å². The number of likely N-dealkylation sites (N-methyl/N-ethyl adjacent to an activating group) is 1. The topological polar surface area (TPSA) is 58.6 Å². The minimum absolute atomic E-state index is 0.0878. The first-order chi connectivity index (χ1) is 9.58. The van der Waals surface area contributed by atoms with E-state index in [1.165, 1.54) is 0 Å². The molecular formula is C15H18N2O3. The molecule has 2 heterocycles. The van der Waals surface area contributed by atoms with Crippen molar-refractivity contribution >= 4 is 17.4 Å². The lowest BCUT2D eigenvalue weighted by Crippen LogP contribution is -2.42. The maximum Gasteiger partial charge on any atom is 0.267 e. The molecule has 2 aliphatic heterocycles. The average Bonchev–Trinajstić information content (AvgIpc) is 2.98. The van der Waals surface area contributed by atoms with Crippen LogP contribution in [0.2, 0.25) is 0 Å². The van der Waals surface area contributed by atoms with E-state index in [2.05, 4.69) is 5.32 Å². The Hall–Kier alpha value is -1.88. The van der Waals surface area contributed by atoms with Crippen LogP contribution in [0, 0.1) is 0 Å². The first kappa shape index (κ1) is 13.1. The lowest BCUT2D eigenvalue weighted by molar-refractivity contribution is -0.125. The Kier molecular flexibility index (Phi) is 3.22. The zero-order valence-corrected chi connectivity index (χ0v) is 11.7. The van der Waals surface area contributed by atoms with Crippen molar-refractivity contribution in [2.75, 3.05) is 18.5 Å². The summed E-state index contributed by atoms with van der Waals surface area (Å²) in [5.74, 6) is 0.640. The third-order valence-electron chi connectivity index (χ3n) is 3.96. The highest BCUT2D eigenvalue weighted by molar-refractivity contribution is 6.04. The number of hydrogen-bond acceptors (Lipinski definition) is 4. The first-order valence-electron chi connectivity index (χ1n) is 6.94. The van der Waals surface area contributed by atoms with Gasteiger partial charge < -0.3 is 15.0 Å². The normalized spacial score (nSPS) is 25.3. The molecule has 1 aromatic rings. The molecule has 5 nitrogen and oxygen atoms in total. The van der Waals surface area contributed by atoms with Gasteiger partial charge in [0.15, 0.2) is 11.9 Å². The second-order valence-corrected chi connectivity index (χ2v) is 5.35. The Labute approximate surface area is 117 Å². The number of carbonyl (C=O) groups is 2. The molecule has 2 unspecified atom stereocenters. The van der Waals surface area contributed by atoms with Gasteiger partial charge in [0.1, 0.15) is 5.75 Å². The fourth-order valence-electron chi connectivity index (χ4n) is 2.77. The third kappa shape index (κ3) is 2.08. The predicted octanol–water partition coefficient (Wildman–Crippen LogP) is 1.36. The Morgan fingerprint density at radius 3 is 2.95 bits per heavy atom. The van der Waals surface area contributed by atoms with E-state index in [0.717, 1.165) is 19.4 Å². The summed E-state index contributed by atoms with van der Waals surface area (Å²) in [5, 5.41) is 3.20. The van der Waals surface area contributed by atoms with Crippen LogP contribution in [-0.4, -0.2) is 37.4 Å². The van der Waals surface area contributed by atoms with Crippen molar-refractivity contribution in [3.05, 3.63) is 23.8 Å². The predicted molar refractivity (Wildman–Crippen MR) is 75.3 cm³/mol. The SMILES string of the molecule is CC1Oc2ccc(C(=O)C3CCCN3)cc2N(C)C1=O. The van der Waals surface area contributed by atoms with Gasteiger partial charge in [-0.1, -0.05) is 0 Å². The van der Waals surface area contributed by atoms with Gasteiger partial charge in [-0.3, -0.25) is 9.59 Å². The number of amides is 1. The van der Waals surface area contributed by atoms with Crippen LogP contribution in [0.1, 0.15) is 30.1 Å². The molecule has 3 rings (SSSR count). The van der Waals surface area contributed by atoms with E-state index in [1.807, 2.05) is 0 Å². The average molecular weight is 274 g/mol. The molecule has 0 aliphatic carbocycles. The Morgan fingerprint density at radius 1 is 1.45 bits per heavy atom. The highest BCUT2D eigenvalue weighted by atomic mass is 16.5. The van der Waals surface area contributed by atoms with Crippen LogP contribution in [0.4, 0.5) is 5.69 Å². The summed E-state index contributed by atoms with van der Waals surface area (Å²) in [6.45, 7) is 2.61. The van der Waals surface area contributed by atoms with Crippen molar-refractivity contribution in [3.63, 3.8) is 0 Å². The zero-order valence-electron chi connectivity index (χ0n) is 11.7. The van der Waals surface area contributed by atoms with Gasteiger partial charge in [0, 0.05) is 12.6 Å². The first-order valence-corrected chi connectivity index (χ1v) is 6.94. The van der Waals surface area contributed by atoms with E-state index in [0.29, 0.717) is 17.0 Å². The van der Waals surface area contributed by atoms with Crippen molar-refractivity contribution in [2.24, 2.45) is 0 Å². The number of hydrogen-bond donors (Lipinski definition) is 1. The highest BCUT2D eigenvalue weighted by Crippen LogP contribution is 2.34. The van der Waals surface area contributed by atoms with Crippen LogP contribution in [0.15, 0.2) is 18.2 Å².